The third-order valence-corrected chi connectivity index (χ3v) is 7.08. The van der Waals surface area contributed by atoms with Gasteiger partial charge in [-0.05, 0) is 45.6 Å². The molecule has 0 bridgehead atoms. The van der Waals surface area contributed by atoms with Gasteiger partial charge in [-0.2, -0.15) is 4.98 Å². The molecule has 1 spiro atoms. The summed E-state index contributed by atoms with van der Waals surface area (Å²) in [5.41, 5.74) is 0.601. The highest BCUT2D eigenvalue weighted by Gasteiger charge is 2.50. The van der Waals surface area contributed by atoms with E-state index in [1.807, 2.05) is 20.8 Å². The number of aromatic nitrogens is 3. The maximum Gasteiger partial charge on any atom is 0.490 e. The van der Waals surface area contributed by atoms with E-state index in [2.05, 4.69) is 34.4 Å². The van der Waals surface area contributed by atoms with Gasteiger partial charge in [0.15, 0.2) is 5.82 Å². The van der Waals surface area contributed by atoms with Crippen molar-refractivity contribution in [2.24, 2.45) is 11.3 Å². The predicted octanol–water partition coefficient (Wildman–Crippen LogP) is 1.11. The number of carbonyl (C=O) groups excluding carboxylic acids is 2. The number of nitrogens with one attached hydrogen (secondary N) is 2. The largest absolute Gasteiger partial charge is 0.490 e. The smallest absolute Gasteiger partial charge is 0.444 e. The Bertz CT molecular complexity index is 1210. The summed E-state index contributed by atoms with van der Waals surface area (Å²) in [4.78, 5) is 42.5. The molecular weight excluding hydrogens is 501 g/mol. The van der Waals surface area contributed by atoms with Gasteiger partial charge in [-0.25, -0.2) is 9.78 Å². The molecule has 0 radical (unpaired) electrons. The molecule has 13 heteroatoms. The highest BCUT2D eigenvalue weighted by atomic mass is 16.6. The summed E-state index contributed by atoms with van der Waals surface area (Å²) in [5, 5.41) is 25.5. The summed E-state index contributed by atoms with van der Waals surface area (Å²) >= 11 is 0. The minimum absolute atomic E-state index is 0.0520. The molecule has 2 amide bonds. The van der Waals surface area contributed by atoms with E-state index in [1.165, 1.54) is 6.20 Å². The summed E-state index contributed by atoms with van der Waals surface area (Å²) in [7, 11) is -0.0633. The molecule has 12 nitrogen and oxygen atoms in total. The van der Waals surface area contributed by atoms with Crippen molar-refractivity contribution in [2.45, 2.75) is 65.5 Å². The third-order valence-electron chi connectivity index (χ3n) is 7.08. The van der Waals surface area contributed by atoms with E-state index >= 15 is 0 Å². The summed E-state index contributed by atoms with van der Waals surface area (Å²) < 4.78 is 5.51. The summed E-state index contributed by atoms with van der Waals surface area (Å²) in [5.74, 6) is 1.25. The molecule has 4 N–H and O–H groups in total. The highest BCUT2D eigenvalue weighted by Crippen LogP contribution is 2.41. The van der Waals surface area contributed by atoms with Crippen molar-refractivity contribution in [1.82, 2.24) is 25.2 Å². The number of anilines is 2. The van der Waals surface area contributed by atoms with E-state index in [0.29, 0.717) is 48.4 Å². The average Bonchev–Trinajstić information content (AvgIpc) is 3.27. The summed E-state index contributed by atoms with van der Waals surface area (Å²) in [6.45, 7) is 12.4. The SMILES string of the molecule is CNC(=O)C[C@H](CC(C)C)Nc1nc(N2CCC3(CN(C(=O)OC(C)(C)C)C3)C2)nc2cc(B(O)O)cnc12. The van der Waals surface area contributed by atoms with E-state index in [9.17, 15) is 19.6 Å². The lowest BCUT2D eigenvalue weighted by molar-refractivity contribution is -0.120. The Morgan fingerprint density at radius 1 is 1.21 bits per heavy atom. The van der Waals surface area contributed by atoms with Crippen LogP contribution in [0, 0.1) is 11.3 Å². The molecule has 4 heterocycles. The van der Waals surface area contributed by atoms with Crippen molar-refractivity contribution >= 4 is 47.4 Å². The fourth-order valence-electron chi connectivity index (χ4n) is 5.27. The Kier molecular flexibility index (Phi) is 8.22. The first-order chi connectivity index (χ1) is 18.3. The molecule has 0 aromatic carbocycles. The first-order valence-electron chi connectivity index (χ1n) is 13.5. The monoisotopic (exact) mass is 541 g/mol. The van der Waals surface area contributed by atoms with Crippen LogP contribution in [0.25, 0.3) is 11.0 Å². The lowest BCUT2D eigenvalue weighted by atomic mass is 9.79. The van der Waals surface area contributed by atoms with E-state index < -0.39 is 12.7 Å². The summed E-state index contributed by atoms with van der Waals surface area (Å²) in [6.07, 6.45) is 3.00. The number of carbonyl (C=O) groups is 2. The molecule has 2 aromatic heterocycles. The number of ether oxygens (including phenoxy) is 1. The van der Waals surface area contributed by atoms with E-state index in [0.717, 1.165) is 19.4 Å². The van der Waals surface area contributed by atoms with Crippen molar-refractivity contribution < 1.29 is 24.4 Å². The second-order valence-electron chi connectivity index (χ2n) is 12.2. The second-order valence-corrected chi connectivity index (χ2v) is 12.2. The maximum absolute atomic E-state index is 12.5. The van der Waals surface area contributed by atoms with Gasteiger partial charge in [0.25, 0.3) is 0 Å². The Balaban J connectivity index is 1.59. The molecule has 0 aliphatic carbocycles. The van der Waals surface area contributed by atoms with Crippen LogP contribution in [0.4, 0.5) is 16.6 Å². The van der Waals surface area contributed by atoms with Crippen molar-refractivity contribution in [3.63, 3.8) is 0 Å². The standard InChI is InChI=1S/C26H40BN7O5/c1-16(2)9-18(11-20(35)28-6)30-22-21-19(10-17(12-29-21)27(37)38)31-23(32-22)33-8-7-26(13-33)14-34(15-26)24(36)39-25(3,4)5/h10,12,16,18,37-38H,7-9,11,13-15H2,1-6H3,(H,28,35)(H,30,31,32)/t18-/m0/s1. The molecule has 0 unspecified atom stereocenters. The fraction of sp³-hybridized carbons (Fsp3) is 0.654. The number of amides is 2. The van der Waals surface area contributed by atoms with E-state index in [1.54, 1.807) is 18.0 Å². The summed E-state index contributed by atoms with van der Waals surface area (Å²) in [6, 6.07) is 1.42. The number of rotatable bonds is 8. The Morgan fingerprint density at radius 2 is 1.92 bits per heavy atom. The lowest BCUT2D eigenvalue weighted by Gasteiger charge is -2.47. The predicted molar refractivity (Wildman–Crippen MR) is 150 cm³/mol. The zero-order valence-corrected chi connectivity index (χ0v) is 23.7. The van der Waals surface area contributed by atoms with Crippen LogP contribution in [0.15, 0.2) is 12.3 Å². The lowest BCUT2D eigenvalue weighted by Crippen LogP contribution is -2.60. The molecule has 2 aromatic rings. The van der Waals surface area contributed by atoms with Gasteiger partial charge in [0, 0.05) is 62.8 Å². The molecule has 4 rings (SSSR count). The van der Waals surface area contributed by atoms with Gasteiger partial charge in [-0.1, -0.05) is 13.8 Å². The van der Waals surface area contributed by atoms with Gasteiger partial charge in [-0.3, -0.25) is 9.78 Å². The normalized spacial score (nSPS) is 17.4. The van der Waals surface area contributed by atoms with Gasteiger partial charge < -0.3 is 35.2 Å². The van der Waals surface area contributed by atoms with Crippen molar-refractivity contribution in [2.75, 3.05) is 43.4 Å². The minimum Gasteiger partial charge on any atom is -0.444 e. The van der Waals surface area contributed by atoms with Crippen LogP contribution in [0.3, 0.4) is 0 Å². The van der Waals surface area contributed by atoms with Crippen LogP contribution in [0.1, 0.15) is 53.9 Å². The van der Waals surface area contributed by atoms with Gasteiger partial charge in [0.05, 0.1) is 5.52 Å². The number of pyridine rings is 1. The van der Waals surface area contributed by atoms with Crippen LogP contribution in [0.5, 0.6) is 0 Å². The van der Waals surface area contributed by atoms with E-state index in [4.69, 9.17) is 14.7 Å². The fourth-order valence-corrected chi connectivity index (χ4v) is 5.27. The number of nitrogens with zero attached hydrogens (tertiary/aromatic N) is 5. The van der Waals surface area contributed by atoms with Gasteiger partial charge in [0.1, 0.15) is 11.1 Å². The van der Waals surface area contributed by atoms with Crippen molar-refractivity contribution in [3.8, 4) is 0 Å². The number of fused-ring (bicyclic) bond motifs is 1. The van der Waals surface area contributed by atoms with Crippen molar-refractivity contribution in [1.29, 1.82) is 0 Å². The topological polar surface area (TPSA) is 153 Å². The maximum atomic E-state index is 12.5. The van der Waals surface area contributed by atoms with E-state index in [-0.39, 0.29) is 35.3 Å². The second kappa shape index (κ2) is 11.1. The first kappa shape index (κ1) is 28.8. The molecule has 2 aliphatic heterocycles. The zero-order valence-electron chi connectivity index (χ0n) is 23.7. The van der Waals surface area contributed by atoms with Crippen LogP contribution in [-0.2, 0) is 9.53 Å². The average molecular weight is 541 g/mol. The molecule has 0 saturated carbocycles. The quantitative estimate of drug-likeness (QED) is 0.358. The molecule has 2 fully saturated rings. The number of likely N-dealkylation sites (tertiary alicyclic amines) is 1. The van der Waals surface area contributed by atoms with Gasteiger partial charge >= 0.3 is 13.2 Å². The Labute approximate surface area is 229 Å². The molecule has 2 saturated heterocycles. The molecule has 2 aliphatic rings. The van der Waals surface area contributed by atoms with Crippen molar-refractivity contribution in [3.05, 3.63) is 12.3 Å². The highest BCUT2D eigenvalue weighted by molar-refractivity contribution is 6.58. The van der Waals surface area contributed by atoms with Crippen LogP contribution >= 0.6 is 0 Å². The Hall–Kier alpha value is -3.19. The number of hydrogen-bond donors (Lipinski definition) is 4. The minimum atomic E-state index is -1.68. The molecular formula is C26H40BN7O5. The van der Waals surface area contributed by atoms with Crippen LogP contribution < -0.4 is 21.0 Å². The number of hydrogen-bond acceptors (Lipinski definition) is 10. The van der Waals surface area contributed by atoms with Crippen LogP contribution in [0.2, 0.25) is 0 Å². The molecule has 39 heavy (non-hydrogen) atoms. The van der Waals surface area contributed by atoms with Gasteiger partial charge in [-0.15, -0.1) is 0 Å². The first-order valence-corrected chi connectivity index (χ1v) is 13.5. The van der Waals surface area contributed by atoms with Gasteiger partial charge in [0.2, 0.25) is 11.9 Å². The van der Waals surface area contributed by atoms with Crippen LogP contribution in [-0.4, -0.2) is 93.9 Å². The molecule has 212 valence electrons. The Morgan fingerprint density at radius 3 is 2.54 bits per heavy atom. The molecule has 1 atom stereocenters. The zero-order chi connectivity index (χ0) is 28.5. The third kappa shape index (κ3) is 6.88.